The zero-order chi connectivity index (χ0) is 16.3. The van der Waals surface area contributed by atoms with E-state index >= 15 is 0 Å². The van der Waals surface area contributed by atoms with E-state index in [1.165, 1.54) is 16.0 Å². The Labute approximate surface area is 133 Å². The van der Waals surface area contributed by atoms with Gasteiger partial charge in [0.05, 0.1) is 17.3 Å². The lowest BCUT2D eigenvalue weighted by Crippen LogP contribution is -2.28. The summed E-state index contributed by atoms with van der Waals surface area (Å²) in [5.41, 5.74) is 0.570. The number of esters is 1. The molecule has 0 radical (unpaired) electrons. The molecule has 2 heterocycles. The van der Waals surface area contributed by atoms with Gasteiger partial charge >= 0.3 is 5.97 Å². The van der Waals surface area contributed by atoms with E-state index in [1.54, 1.807) is 6.92 Å². The van der Waals surface area contributed by atoms with Crippen LogP contribution in [0.5, 0.6) is 0 Å². The number of nitrogens with zero attached hydrogens (tertiary/aromatic N) is 2. The van der Waals surface area contributed by atoms with Gasteiger partial charge in [0.15, 0.2) is 0 Å². The van der Waals surface area contributed by atoms with Crippen molar-refractivity contribution < 1.29 is 9.53 Å². The number of ether oxygens (including phenoxy) is 1. The molecular formula is C15H21N3O3S. The van der Waals surface area contributed by atoms with Crippen molar-refractivity contribution in [3.8, 4) is 0 Å². The van der Waals surface area contributed by atoms with Crippen molar-refractivity contribution in [1.82, 2.24) is 9.78 Å². The predicted molar refractivity (Wildman–Crippen MR) is 88.8 cm³/mol. The minimum atomic E-state index is -0.449. The normalized spacial score (nSPS) is 11.1. The largest absolute Gasteiger partial charge is 0.465 e. The number of hydrogen-bond acceptors (Lipinski definition) is 6. The Hall–Kier alpha value is -1.89. The first-order valence-electron chi connectivity index (χ1n) is 7.41. The second-order valence-electron chi connectivity index (χ2n) is 5.19. The number of thiophene rings is 1. The van der Waals surface area contributed by atoms with Crippen LogP contribution in [0, 0.1) is 0 Å². The molecule has 0 atom stereocenters. The first-order chi connectivity index (χ1) is 10.5. The molecule has 2 rings (SSSR count). The van der Waals surface area contributed by atoms with Gasteiger partial charge in [0, 0.05) is 11.9 Å². The summed E-state index contributed by atoms with van der Waals surface area (Å²) in [6.07, 6.45) is 0. The van der Waals surface area contributed by atoms with Crippen molar-refractivity contribution in [2.24, 2.45) is 0 Å². The van der Waals surface area contributed by atoms with Crippen molar-refractivity contribution in [3.05, 3.63) is 22.1 Å². The van der Waals surface area contributed by atoms with Crippen LogP contribution < -0.4 is 10.9 Å². The van der Waals surface area contributed by atoms with Crippen LogP contribution in [-0.2, 0) is 16.1 Å². The fourth-order valence-electron chi connectivity index (χ4n) is 2.21. The van der Waals surface area contributed by atoms with Crippen LogP contribution in [0.4, 0.5) is 5.00 Å². The Morgan fingerprint density at radius 3 is 2.77 bits per heavy atom. The number of fused-ring (bicyclic) bond motifs is 1. The fourth-order valence-corrected chi connectivity index (χ4v) is 3.29. The van der Waals surface area contributed by atoms with Crippen LogP contribution in [0.2, 0.25) is 0 Å². The van der Waals surface area contributed by atoms with Crippen LogP contribution in [0.1, 0.15) is 39.3 Å². The molecule has 0 aliphatic rings. The lowest BCUT2D eigenvalue weighted by Gasteiger charge is -2.10. The molecule has 0 aliphatic heterocycles. The van der Waals surface area contributed by atoms with Gasteiger partial charge in [-0.05, 0) is 25.8 Å². The summed E-state index contributed by atoms with van der Waals surface area (Å²) in [5, 5.41) is 9.40. The average molecular weight is 323 g/mol. The lowest BCUT2D eigenvalue weighted by atomic mass is 10.1. The highest BCUT2D eigenvalue weighted by Crippen LogP contribution is 2.31. The maximum Gasteiger partial charge on any atom is 0.327 e. The number of carbonyl (C=O) groups is 1. The molecular weight excluding hydrogens is 302 g/mol. The smallest absolute Gasteiger partial charge is 0.327 e. The van der Waals surface area contributed by atoms with Gasteiger partial charge in [-0.3, -0.25) is 9.59 Å². The summed E-state index contributed by atoms with van der Waals surface area (Å²) in [6.45, 7) is 8.70. The Kier molecular flexibility index (Phi) is 5.18. The molecule has 0 unspecified atom stereocenters. The monoisotopic (exact) mass is 323 g/mol. The Morgan fingerprint density at radius 1 is 1.45 bits per heavy atom. The number of aromatic nitrogens is 2. The molecule has 7 heteroatoms. The predicted octanol–water partition coefficient (Wildman–Crippen LogP) is 2.58. The highest BCUT2D eigenvalue weighted by atomic mass is 32.1. The Morgan fingerprint density at radius 2 is 2.18 bits per heavy atom. The molecule has 120 valence electrons. The van der Waals surface area contributed by atoms with E-state index in [1.807, 2.05) is 26.8 Å². The summed E-state index contributed by atoms with van der Waals surface area (Å²) in [6, 6.07) is 1.96. The molecule has 0 saturated heterocycles. The Balaban J connectivity index is 2.56. The molecule has 1 N–H and O–H groups in total. The number of hydrogen-bond donors (Lipinski definition) is 1. The number of nitrogens with one attached hydrogen (secondary N) is 1. The van der Waals surface area contributed by atoms with Crippen LogP contribution in [0.15, 0.2) is 10.9 Å². The van der Waals surface area contributed by atoms with Crippen LogP contribution in [-0.4, -0.2) is 28.9 Å². The summed E-state index contributed by atoms with van der Waals surface area (Å²) in [4.78, 5) is 24.2. The van der Waals surface area contributed by atoms with E-state index in [-0.39, 0.29) is 24.6 Å². The molecule has 0 bridgehead atoms. The lowest BCUT2D eigenvalue weighted by molar-refractivity contribution is -0.144. The van der Waals surface area contributed by atoms with Crippen LogP contribution in [0.25, 0.3) is 10.1 Å². The maximum absolute atomic E-state index is 12.5. The zero-order valence-electron chi connectivity index (χ0n) is 13.3. The highest BCUT2D eigenvalue weighted by Gasteiger charge is 2.18. The summed E-state index contributed by atoms with van der Waals surface area (Å²) in [5.74, 6) is -0.296. The summed E-state index contributed by atoms with van der Waals surface area (Å²) in [7, 11) is 0. The van der Waals surface area contributed by atoms with Crippen molar-refractivity contribution in [2.45, 2.75) is 40.2 Å². The molecule has 2 aromatic rings. The molecule has 0 saturated carbocycles. The Bertz CT molecular complexity index is 733. The molecule has 0 aliphatic carbocycles. The van der Waals surface area contributed by atoms with Gasteiger partial charge in [0.1, 0.15) is 11.2 Å². The van der Waals surface area contributed by atoms with Gasteiger partial charge in [0.2, 0.25) is 0 Å². The highest BCUT2D eigenvalue weighted by molar-refractivity contribution is 7.22. The SMILES string of the molecule is CCNc1cc2c(C(C)C)nn(CC(=O)OCC)c(=O)c2s1. The van der Waals surface area contributed by atoms with Crippen molar-refractivity contribution in [1.29, 1.82) is 0 Å². The molecule has 0 fully saturated rings. The van der Waals surface area contributed by atoms with E-state index in [2.05, 4.69) is 10.4 Å². The first-order valence-corrected chi connectivity index (χ1v) is 8.23. The zero-order valence-corrected chi connectivity index (χ0v) is 14.1. The van der Waals surface area contributed by atoms with Gasteiger partial charge in [-0.1, -0.05) is 13.8 Å². The van der Waals surface area contributed by atoms with Crippen LogP contribution >= 0.6 is 11.3 Å². The third-order valence-electron chi connectivity index (χ3n) is 3.15. The molecule has 2 aromatic heterocycles. The number of rotatable bonds is 6. The van der Waals surface area contributed by atoms with Gasteiger partial charge in [-0.15, -0.1) is 11.3 Å². The third kappa shape index (κ3) is 3.30. The van der Waals surface area contributed by atoms with E-state index < -0.39 is 5.97 Å². The molecule has 0 aromatic carbocycles. The number of carbonyl (C=O) groups excluding carboxylic acids is 1. The minimum absolute atomic E-state index is 0.153. The van der Waals surface area contributed by atoms with E-state index in [0.717, 1.165) is 22.6 Å². The summed E-state index contributed by atoms with van der Waals surface area (Å²) < 4.78 is 6.74. The second-order valence-corrected chi connectivity index (χ2v) is 6.24. The van der Waals surface area contributed by atoms with Crippen molar-refractivity contribution in [3.63, 3.8) is 0 Å². The first kappa shape index (κ1) is 16.5. The standard InChI is InChI=1S/C15H21N3O3S/c1-5-16-11-7-10-13(9(3)4)17-18(8-12(19)21-6-2)15(20)14(10)22-11/h7,9,16H,5-6,8H2,1-4H3. The van der Waals surface area contributed by atoms with Gasteiger partial charge in [0.25, 0.3) is 5.56 Å². The third-order valence-corrected chi connectivity index (χ3v) is 4.23. The minimum Gasteiger partial charge on any atom is -0.465 e. The van der Waals surface area contributed by atoms with E-state index in [9.17, 15) is 9.59 Å². The average Bonchev–Trinajstić information content (AvgIpc) is 2.86. The molecule has 22 heavy (non-hydrogen) atoms. The van der Waals surface area contributed by atoms with Crippen LogP contribution in [0.3, 0.4) is 0 Å². The van der Waals surface area contributed by atoms with E-state index in [4.69, 9.17) is 4.74 Å². The van der Waals surface area contributed by atoms with Gasteiger partial charge in [-0.2, -0.15) is 5.10 Å². The quantitative estimate of drug-likeness (QED) is 0.827. The van der Waals surface area contributed by atoms with Gasteiger partial charge in [-0.25, -0.2) is 4.68 Å². The fraction of sp³-hybridized carbons (Fsp3) is 0.533. The second kappa shape index (κ2) is 6.91. The number of anilines is 1. The maximum atomic E-state index is 12.5. The van der Waals surface area contributed by atoms with Gasteiger partial charge < -0.3 is 10.1 Å². The molecule has 0 amide bonds. The molecule has 6 nitrogen and oxygen atoms in total. The van der Waals surface area contributed by atoms with Crippen molar-refractivity contribution in [2.75, 3.05) is 18.5 Å². The molecule has 0 spiro atoms. The summed E-state index contributed by atoms with van der Waals surface area (Å²) >= 11 is 1.40. The van der Waals surface area contributed by atoms with Crippen molar-refractivity contribution >= 4 is 32.4 Å². The van der Waals surface area contributed by atoms with E-state index in [0.29, 0.717) is 4.70 Å². The topological polar surface area (TPSA) is 73.2 Å².